The van der Waals surface area contributed by atoms with Gasteiger partial charge < -0.3 is 67.1 Å². The summed E-state index contributed by atoms with van der Waals surface area (Å²) in [6, 6.07) is 59.9. The maximum atomic E-state index is 15.3. The summed E-state index contributed by atoms with van der Waals surface area (Å²) in [4.78, 5) is 123. The number of nitrogens with zero attached hydrogens (tertiary/aromatic N) is 2. The average Bonchev–Trinajstić information content (AvgIpc) is 0.931. The van der Waals surface area contributed by atoms with Crippen molar-refractivity contribution in [2.75, 3.05) is 46.9 Å². The number of Topliss-reactive ketones (excluding diaryl/α,β-unsaturated/α-hetero) is 1. The first kappa shape index (κ1) is 81.3. The van der Waals surface area contributed by atoms with Gasteiger partial charge in [-0.05, 0) is 167 Å². The minimum absolute atomic E-state index is 0.0568. The average molecular weight is 1490 g/mol. The number of benzene rings is 7. The Balaban J connectivity index is 0.701. The molecule has 1 unspecified atom stereocenters. The minimum Gasteiger partial charge on any atom is -0.377 e. The number of carbonyl (C=O) groups is 8. The van der Waals surface area contributed by atoms with E-state index in [2.05, 4.69) is 72.1 Å². The van der Waals surface area contributed by atoms with E-state index in [0.29, 0.717) is 132 Å². The van der Waals surface area contributed by atoms with Crippen LogP contribution in [0.3, 0.4) is 0 Å². The van der Waals surface area contributed by atoms with Crippen LogP contribution in [0.2, 0.25) is 0 Å². The van der Waals surface area contributed by atoms with E-state index in [0.717, 1.165) is 22.3 Å². The van der Waals surface area contributed by atoms with Gasteiger partial charge in [-0.15, -0.1) is 0 Å². The third kappa shape index (κ3) is 19.9. The van der Waals surface area contributed by atoms with Crippen LogP contribution in [-0.2, 0) is 85.2 Å². The van der Waals surface area contributed by atoms with Crippen molar-refractivity contribution in [1.82, 2.24) is 57.7 Å². The van der Waals surface area contributed by atoms with Gasteiger partial charge in [-0.3, -0.25) is 38.4 Å². The van der Waals surface area contributed by atoms with E-state index in [-0.39, 0.29) is 92.7 Å². The van der Waals surface area contributed by atoms with Crippen molar-refractivity contribution in [2.24, 2.45) is 11.8 Å². The normalized spacial score (nSPS) is 20.4. The molecule has 0 saturated carbocycles. The molecule has 0 radical (unpaired) electrons. The Kier molecular flexibility index (Phi) is 29.7. The lowest BCUT2D eigenvalue weighted by Gasteiger charge is -2.38. The van der Waals surface area contributed by atoms with E-state index in [4.69, 9.17) is 9.47 Å². The zero-order valence-corrected chi connectivity index (χ0v) is 64.1. The molecule has 0 aromatic heterocycles. The van der Waals surface area contributed by atoms with Crippen LogP contribution < -0.4 is 47.9 Å². The SMILES string of the molecule is CC[C@H](NC)C(=O)N[C@@H]1C(=O)N2C(C(=O)NC(C(=O)NCCOCc3ccc(COCCCC(=O)C(NC(=O)[C@@H]4CC[C@@H]5CC[C@H](CCNCc6ccccc6)[C@H](NC(=O)[C@H](CC)NC)C(=O)N54)(c4ccccc4)c4ccccc4)cc3)(c3ccccc3)c3ccccc3)CC[C@@H]2CC[C@@H]1CCNCc1ccccc1. The topological polar surface area (TPSA) is 270 Å². The summed E-state index contributed by atoms with van der Waals surface area (Å²) in [6.07, 6.45) is 7.43. The van der Waals surface area contributed by atoms with E-state index in [1.165, 1.54) is 0 Å². The van der Waals surface area contributed by atoms with Gasteiger partial charge >= 0.3 is 0 Å². The molecule has 11 rings (SSSR count). The standard InChI is InChI=1S/C89H111N11O10/c1-5-74(90-3)81(102)95-79-66(51-53-92-58-62-26-13-7-14-27-62)43-45-72-47-49-76(99(72)85(79)106)83(104)97-88(68-30-17-9-18-31-68,69-32-19-10-20-33-69)78(101)38-25-56-109-60-64-39-41-65(42-40-64)61-110-57-55-94-87(108)89(70-34-21-11-22-35-70,71-36-23-12-24-37-71)98-84(105)77-50-48-73-46-44-67(52-54-93-59-63-28-15-8-16-29-63)80(86(107)100(73)77)96-82(103)75(6-2)91-4/h7-24,26-37,39-42,66-67,72-77,79-80,90-93H,5-6,25,38,43-61H2,1-4H3,(H,94,108)(H,95,102)(H,96,103)(H,97,104)(H,98,105)/t66-,67-,72+,73+,74+,75+,76+,77?,79+,80+/m1/s1. The molecule has 110 heavy (non-hydrogen) atoms. The number of amides is 7. The molecule has 10 atom stereocenters. The Labute approximate surface area is 648 Å². The molecule has 4 fully saturated rings. The van der Waals surface area contributed by atoms with E-state index >= 15 is 28.8 Å². The molecule has 9 N–H and O–H groups in total. The van der Waals surface area contributed by atoms with Crippen molar-refractivity contribution >= 4 is 47.1 Å². The molecule has 4 aliphatic rings. The molecule has 4 heterocycles. The molecule has 0 aliphatic carbocycles. The number of likely N-dealkylation sites (N-methyl/N-ethyl adjacent to an activating group) is 2. The van der Waals surface area contributed by atoms with Crippen LogP contribution in [0.5, 0.6) is 0 Å². The predicted octanol–water partition coefficient (Wildman–Crippen LogP) is 9.17. The van der Waals surface area contributed by atoms with Crippen molar-refractivity contribution in [3.05, 3.63) is 251 Å². The number of ether oxygens (including phenoxy) is 2. The number of fused-ring (bicyclic) bond motifs is 2. The lowest BCUT2D eigenvalue weighted by atomic mass is 9.77. The zero-order valence-electron chi connectivity index (χ0n) is 64.1. The van der Waals surface area contributed by atoms with Crippen LogP contribution >= 0.6 is 0 Å². The van der Waals surface area contributed by atoms with Gasteiger partial charge in [0.25, 0.3) is 5.91 Å². The predicted molar refractivity (Wildman–Crippen MR) is 425 cm³/mol. The van der Waals surface area contributed by atoms with Crippen LogP contribution in [0.4, 0.5) is 0 Å². The van der Waals surface area contributed by atoms with Crippen molar-refractivity contribution in [3.63, 3.8) is 0 Å². The molecule has 4 aliphatic heterocycles. The summed E-state index contributed by atoms with van der Waals surface area (Å²) in [7, 11) is 3.46. The van der Waals surface area contributed by atoms with Crippen molar-refractivity contribution in [1.29, 1.82) is 0 Å². The first-order chi connectivity index (χ1) is 53.7. The molecule has 21 nitrogen and oxygen atoms in total. The number of hydrogen-bond acceptors (Lipinski definition) is 14. The molecule has 7 aromatic carbocycles. The fraction of sp³-hybridized carbons (Fsp3) is 0.438. The maximum Gasteiger partial charge on any atom is 0.255 e. The molecule has 7 amide bonds. The van der Waals surface area contributed by atoms with Crippen LogP contribution in [0.25, 0.3) is 0 Å². The number of hydrogen-bond donors (Lipinski definition) is 9. The molecular formula is C89H111N11O10. The van der Waals surface area contributed by atoms with E-state index in [9.17, 15) is 9.59 Å². The molecule has 21 heteroatoms. The number of nitrogens with one attached hydrogen (secondary N) is 9. The van der Waals surface area contributed by atoms with Gasteiger partial charge in [0, 0.05) is 44.7 Å². The molecule has 4 saturated heterocycles. The molecule has 0 bridgehead atoms. The second-order valence-electron chi connectivity index (χ2n) is 29.7. The van der Waals surface area contributed by atoms with Gasteiger partial charge in [0.05, 0.1) is 31.9 Å². The van der Waals surface area contributed by atoms with E-state index in [1.54, 1.807) is 23.9 Å². The summed E-state index contributed by atoms with van der Waals surface area (Å²) >= 11 is 0. The quantitative estimate of drug-likeness (QED) is 0.0163. The molecule has 7 aromatic rings. The van der Waals surface area contributed by atoms with Gasteiger partial charge in [-0.25, -0.2) is 0 Å². The van der Waals surface area contributed by atoms with Gasteiger partial charge in [-0.1, -0.05) is 220 Å². The highest BCUT2D eigenvalue weighted by Crippen LogP contribution is 2.40. The van der Waals surface area contributed by atoms with Crippen LogP contribution in [0.1, 0.15) is 148 Å². The van der Waals surface area contributed by atoms with Crippen LogP contribution in [-0.4, -0.2) is 152 Å². The fourth-order valence-corrected chi connectivity index (χ4v) is 16.8. The smallest absolute Gasteiger partial charge is 0.255 e. The number of carbonyl (C=O) groups excluding carboxylic acids is 8. The first-order valence-corrected chi connectivity index (χ1v) is 39.7. The van der Waals surface area contributed by atoms with Gasteiger partial charge in [-0.2, -0.15) is 0 Å². The first-order valence-electron chi connectivity index (χ1n) is 39.7. The second-order valence-corrected chi connectivity index (χ2v) is 29.7. The summed E-state index contributed by atoms with van der Waals surface area (Å²) in [5.41, 5.74) is 2.98. The third-order valence-electron chi connectivity index (χ3n) is 22.8. The highest BCUT2D eigenvalue weighted by Gasteiger charge is 2.53. The molecular weight excluding hydrogens is 1380 g/mol. The van der Waals surface area contributed by atoms with E-state index < -0.39 is 65.1 Å². The van der Waals surface area contributed by atoms with Gasteiger partial charge in [0.1, 0.15) is 29.7 Å². The Morgan fingerprint density at radius 3 is 1.19 bits per heavy atom. The minimum atomic E-state index is -1.73. The van der Waals surface area contributed by atoms with E-state index in [1.807, 2.05) is 196 Å². The third-order valence-corrected chi connectivity index (χ3v) is 22.8. The van der Waals surface area contributed by atoms with Crippen molar-refractivity contribution in [3.8, 4) is 0 Å². The maximum absolute atomic E-state index is 15.3. The Morgan fingerprint density at radius 1 is 0.436 bits per heavy atom. The van der Waals surface area contributed by atoms with Crippen LogP contribution in [0, 0.1) is 11.8 Å². The van der Waals surface area contributed by atoms with Crippen LogP contribution in [0.15, 0.2) is 206 Å². The molecule has 0 spiro atoms. The van der Waals surface area contributed by atoms with Gasteiger partial charge in [0.2, 0.25) is 35.4 Å². The second kappa shape index (κ2) is 40.3. The Hall–Kier alpha value is -9.74. The lowest BCUT2D eigenvalue weighted by Crippen LogP contribution is -2.62. The summed E-state index contributed by atoms with van der Waals surface area (Å²) in [5.74, 6) is -3.08. The Morgan fingerprint density at radius 2 is 0.800 bits per heavy atom. The van der Waals surface area contributed by atoms with Crippen molar-refractivity contribution < 1.29 is 47.8 Å². The monoisotopic (exact) mass is 1490 g/mol. The van der Waals surface area contributed by atoms with Gasteiger partial charge in [0.15, 0.2) is 11.3 Å². The number of rotatable bonds is 39. The largest absolute Gasteiger partial charge is 0.377 e. The van der Waals surface area contributed by atoms with Crippen molar-refractivity contribution in [2.45, 2.75) is 189 Å². The fourth-order valence-electron chi connectivity index (χ4n) is 16.8. The molecule has 582 valence electrons. The zero-order chi connectivity index (χ0) is 77.2. The summed E-state index contributed by atoms with van der Waals surface area (Å²) in [5, 5.41) is 29.2. The number of ketones is 1. The summed E-state index contributed by atoms with van der Waals surface area (Å²) < 4.78 is 12.4. The highest BCUT2D eigenvalue weighted by molar-refractivity contribution is 6.01. The summed E-state index contributed by atoms with van der Waals surface area (Å²) in [6.45, 7) is 7.45. The Bertz CT molecular complexity index is 3760. The lowest BCUT2D eigenvalue weighted by molar-refractivity contribution is -0.145. The highest BCUT2D eigenvalue weighted by atomic mass is 16.5.